The van der Waals surface area contributed by atoms with Crippen molar-refractivity contribution in [3.63, 3.8) is 0 Å². The lowest BCUT2D eigenvalue weighted by Gasteiger charge is -2.37. The molecule has 0 spiro atoms. The largest absolute Gasteiger partial charge is 0.473 e. The zero-order chi connectivity index (χ0) is 34.3. The number of anilines is 1. The number of para-hydroxylation sites is 1. The SMILES string of the molecule is COC(OC)[C@H]1CC[C@H](OC2CCN(c3cccc4c3[nH]c(=O)n4-c3ccc(OCc4ccccc4)nc3OCc3ccccc3)CC2)CC1. The first kappa shape index (κ1) is 33.8. The minimum Gasteiger partial charge on any atom is -0.473 e. The van der Waals surface area contributed by atoms with Crippen molar-refractivity contribution in [3.8, 4) is 17.4 Å². The normalized spacial score (nSPS) is 18.5. The number of benzene rings is 3. The van der Waals surface area contributed by atoms with E-state index in [9.17, 15) is 4.79 Å². The quantitative estimate of drug-likeness (QED) is 0.133. The number of pyridine rings is 1. The first-order valence-corrected chi connectivity index (χ1v) is 17.6. The number of ether oxygens (including phenoxy) is 5. The molecule has 2 aliphatic rings. The predicted octanol–water partition coefficient (Wildman–Crippen LogP) is 7.03. The number of methoxy groups -OCH3 is 2. The van der Waals surface area contributed by atoms with Crippen molar-refractivity contribution in [2.24, 2.45) is 5.92 Å². The molecule has 1 saturated carbocycles. The fraction of sp³-hybridized carbons (Fsp3) is 0.400. The lowest BCUT2D eigenvalue weighted by molar-refractivity contribution is -0.153. The fourth-order valence-corrected chi connectivity index (χ4v) is 7.33. The minimum atomic E-state index is -0.255. The molecule has 3 heterocycles. The van der Waals surface area contributed by atoms with E-state index in [1.807, 2.05) is 78.9 Å². The summed E-state index contributed by atoms with van der Waals surface area (Å²) < 4.78 is 31.6. The smallest absolute Gasteiger partial charge is 0.331 e. The molecule has 2 aromatic heterocycles. The van der Waals surface area contributed by atoms with Crippen LogP contribution in [0.2, 0.25) is 0 Å². The second-order valence-corrected chi connectivity index (χ2v) is 13.2. The number of H-pyrrole nitrogens is 1. The van der Waals surface area contributed by atoms with Gasteiger partial charge in [-0.1, -0.05) is 66.7 Å². The Hall–Kier alpha value is -4.64. The van der Waals surface area contributed by atoms with E-state index in [1.165, 1.54) is 0 Å². The Morgan fingerprint density at radius 3 is 2.02 bits per heavy atom. The van der Waals surface area contributed by atoms with Crippen LogP contribution in [0.5, 0.6) is 11.8 Å². The van der Waals surface area contributed by atoms with Crippen LogP contribution in [-0.2, 0) is 27.4 Å². The number of hydrogen-bond acceptors (Lipinski definition) is 8. The molecule has 262 valence electrons. The highest BCUT2D eigenvalue weighted by atomic mass is 16.7. The van der Waals surface area contributed by atoms with Gasteiger partial charge in [-0.25, -0.2) is 4.79 Å². The van der Waals surface area contributed by atoms with Crippen LogP contribution in [0.4, 0.5) is 5.69 Å². The predicted molar refractivity (Wildman–Crippen MR) is 193 cm³/mol. The van der Waals surface area contributed by atoms with Crippen LogP contribution >= 0.6 is 0 Å². The van der Waals surface area contributed by atoms with E-state index >= 15 is 0 Å². The number of fused-ring (bicyclic) bond motifs is 1. The number of aromatic nitrogens is 3. The van der Waals surface area contributed by atoms with E-state index in [1.54, 1.807) is 24.9 Å². The van der Waals surface area contributed by atoms with Gasteiger partial charge in [0.05, 0.1) is 28.9 Å². The number of hydrogen-bond donors (Lipinski definition) is 1. The molecule has 0 bridgehead atoms. The topological polar surface area (TPSA) is 100 Å². The molecule has 0 unspecified atom stereocenters. The number of nitrogens with one attached hydrogen (secondary N) is 1. The summed E-state index contributed by atoms with van der Waals surface area (Å²) in [4.78, 5) is 24.0. The van der Waals surface area contributed by atoms with E-state index in [2.05, 4.69) is 16.0 Å². The van der Waals surface area contributed by atoms with E-state index in [0.29, 0.717) is 36.6 Å². The number of imidazole rings is 1. The molecule has 10 nitrogen and oxygen atoms in total. The number of nitrogens with zero attached hydrogens (tertiary/aromatic N) is 3. The van der Waals surface area contributed by atoms with Crippen molar-refractivity contribution in [3.05, 3.63) is 113 Å². The van der Waals surface area contributed by atoms with E-state index < -0.39 is 0 Å². The van der Waals surface area contributed by atoms with Crippen LogP contribution in [0.1, 0.15) is 49.7 Å². The summed E-state index contributed by atoms with van der Waals surface area (Å²) in [6, 6.07) is 29.5. The zero-order valence-corrected chi connectivity index (χ0v) is 28.8. The molecule has 0 amide bonds. The highest BCUT2D eigenvalue weighted by molar-refractivity contribution is 5.90. The van der Waals surface area contributed by atoms with Crippen LogP contribution in [0, 0.1) is 5.92 Å². The van der Waals surface area contributed by atoms with E-state index in [4.69, 9.17) is 28.7 Å². The third-order valence-electron chi connectivity index (χ3n) is 9.94. The van der Waals surface area contributed by atoms with Gasteiger partial charge in [-0.2, -0.15) is 4.98 Å². The summed E-state index contributed by atoms with van der Waals surface area (Å²) in [5.41, 5.74) is 4.88. The van der Waals surface area contributed by atoms with Gasteiger partial charge in [0.1, 0.15) is 18.9 Å². The fourth-order valence-electron chi connectivity index (χ4n) is 7.33. The second kappa shape index (κ2) is 15.9. The molecular formula is C40H46N4O6. The van der Waals surface area contributed by atoms with Crippen LogP contribution in [0.15, 0.2) is 95.8 Å². The summed E-state index contributed by atoms with van der Waals surface area (Å²) in [6.07, 6.45) is 6.44. The molecule has 0 radical (unpaired) electrons. The Morgan fingerprint density at radius 1 is 0.720 bits per heavy atom. The molecule has 1 aliphatic heterocycles. The molecular weight excluding hydrogens is 632 g/mol. The number of piperidine rings is 1. The standard InChI is InChI=1S/C40H46N4O6/c1-46-39(47-2)30-16-18-31(19-17-30)50-32-22-24-43(25-23-32)33-14-9-15-34-37(33)42-40(45)44(34)35-20-21-36(48-26-28-10-5-3-6-11-28)41-38(35)49-27-29-12-7-4-8-13-29/h3-15,20-21,30-32,39H,16-19,22-27H2,1-2H3,(H,42,45)/t30-,31-. The lowest BCUT2D eigenvalue weighted by Crippen LogP contribution is -2.40. The van der Waals surface area contributed by atoms with Crippen LogP contribution in [0.25, 0.3) is 16.7 Å². The number of rotatable bonds is 13. The van der Waals surface area contributed by atoms with Crippen molar-refractivity contribution in [2.75, 3.05) is 32.2 Å². The second-order valence-electron chi connectivity index (χ2n) is 13.2. The summed E-state index contributed by atoms with van der Waals surface area (Å²) in [7, 11) is 3.43. The van der Waals surface area contributed by atoms with Crippen molar-refractivity contribution < 1.29 is 23.7 Å². The monoisotopic (exact) mass is 678 g/mol. The third kappa shape index (κ3) is 7.72. The van der Waals surface area contributed by atoms with E-state index in [-0.39, 0.29) is 24.2 Å². The molecule has 0 atom stereocenters. The molecule has 1 saturated heterocycles. The summed E-state index contributed by atoms with van der Waals surface area (Å²) >= 11 is 0. The Kier molecular flexibility index (Phi) is 10.8. The summed E-state index contributed by atoms with van der Waals surface area (Å²) in [6.45, 7) is 2.36. The first-order chi connectivity index (χ1) is 24.6. The van der Waals surface area contributed by atoms with Crippen molar-refractivity contribution in [2.45, 2.75) is 70.2 Å². The van der Waals surface area contributed by atoms with Gasteiger partial charge in [-0.3, -0.25) is 4.57 Å². The van der Waals surface area contributed by atoms with Gasteiger partial charge in [0.2, 0.25) is 11.8 Å². The Balaban J connectivity index is 1.08. The highest BCUT2D eigenvalue weighted by Gasteiger charge is 2.31. The molecule has 10 heteroatoms. The van der Waals surface area contributed by atoms with Crippen molar-refractivity contribution in [1.29, 1.82) is 0 Å². The van der Waals surface area contributed by atoms with Crippen LogP contribution in [0.3, 0.4) is 0 Å². The van der Waals surface area contributed by atoms with Gasteiger partial charge in [-0.05, 0) is 67.9 Å². The van der Waals surface area contributed by atoms with Gasteiger partial charge >= 0.3 is 5.69 Å². The molecule has 50 heavy (non-hydrogen) atoms. The molecule has 1 aliphatic carbocycles. The zero-order valence-electron chi connectivity index (χ0n) is 28.8. The van der Waals surface area contributed by atoms with Crippen LogP contribution < -0.4 is 20.1 Å². The minimum absolute atomic E-state index is 0.133. The molecule has 1 N–H and O–H groups in total. The molecule has 3 aromatic carbocycles. The van der Waals surface area contributed by atoms with Gasteiger partial charge in [-0.15, -0.1) is 0 Å². The molecule has 2 fully saturated rings. The Bertz CT molecular complexity index is 1870. The highest BCUT2D eigenvalue weighted by Crippen LogP contribution is 2.34. The first-order valence-electron chi connectivity index (χ1n) is 17.6. The Labute approximate surface area is 292 Å². The van der Waals surface area contributed by atoms with Gasteiger partial charge in [0.25, 0.3) is 0 Å². The summed E-state index contributed by atoms with van der Waals surface area (Å²) in [5.74, 6) is 1.16. The van der Waals surface area contributed by atoms with Gasteiger partial charge < -0.3 is 33.6 Å². The molecule has 7 rings (SSSR count). The molecule has 5 aromatic rings. The Morgan fingerprint density at radius 2 is 1.36 bits per heavy atom. The average molecular weight is 679 g/mol. The maximum Gasteiger partial charge on any atom is 0.331 e. The maximum absolute atomic E-state index is 13.7. The third-order valence-corrected chi connectivity index (χ3v) is 9.94. The van der Waals surface area contributed by atoms with Crippen molar-refractivity contribution in [1.82, 2.24) is 14.5 Å². The van der Waals surface area contributed by atoms with Gasteiger partial charge in [0, 0.05) is 39.3 Å². The van der Waals surface area contributed by atoms with Crippen LogP contribution in [-0.4, -0.2) is 60.3 Å². The summed E-state index contributed by atoms with van der Waals surface area (Å²) in [5, 5.41) is 0. The van der Waals surface area contributed by atoms with Gasteiger partial charge in [0.15, 0.2) is 6.29 Å². The van der Waals surface area contributed by atoms with Crippen molar-refractivity contribution >= 4 is 16.7 Å². The lowest BCUT2D eigenvalue weighted by atomic mass is 9.86. The van der Waals surface area contributed by atoms with E-state index in [0.717, 1.165) is 79.5 Å². The maximum atomic E-state index is 13.7. The average Bonchev–Trinajstić information content (AvgIpc) is 3.51. The number of aromatic amines is 1.